The Morgan fingerprint density at radius 3 is 2.17 bits per heavy atom. The van der Waals surface area contributed by atoms with Crippen molar-refractivity contribution in [2.45, 2.75) is 24.8 Å². The first-order valence-corrected chi connectivity index (χ1v) is 10.4. The highest BCUT2D eigenvalue weighted by Crippen LogP contribution is 2.18. The molecule has 2 aromatic rings. The van der Waals surface area contributed by atoms with Crippen molar-refractivity contribution >= 4 is 39.2 Å². The zero-order valence-corrected chi connectivity index (χ0v) is 17.8. The molecule has 0 spiro atoms. The fourth-order valence-electron chi connectivity index (χ4n) is 2.36. The lowest BCUT2D eigenvalue weighted by atomic mass is 10.2. The Morgan fingerprint density at radius 2 is 1.60 bits per heavy atom. The Kier molecular flexibility index (Phi) is 7.30. The molecule has 0 aliphatic rings. The average Bonchev–Trinajstić information content (AvgIpc) is 2.68. The van der Waals surface area contributed by atoms with Gasteiger partial charge in [0.05, 0.1) is 10.5 Å². The zero-order valence-electron chi connectivity index (χ0n) is 17.0. The second-order valence-electron chi connectivity index (χ2n) is 6.61. The fourth-order valence-corrected chi connectivity index (χ4v) is 3.31. The summed E-state index contributed by atoms with van der Waals surface area (Å²) in [6.45, 7) is 2.77. The number of carbonyl (C=O) groups excluding carboxylic acids is 3. The zero-order chi connectivity index (χ0) is 22.5. The van der Waals surface area contributed by atoms with E-state index in [0.29, 0.717) is 5.69 Å². The van der Waals surface area contributed by atoms with E-state index in [0.717, 1.165) is 4.31 Å². The van der Waals surface area contributed by atoms with Crippen LogP contribution < -0.4 is 10.6 Å². The van der Waals surface area contributed by atoms with E-state index < -0.39 is 28.0 Å². The lowest BCUT2D eigenvalue weighted by Gasteiger charge is -2.15. The molecule has 0 saturated heterocycles. The molecule has 0 unspecified atom stereocenters. The molecular formula is C20H23N3O6S. The number of nitrogens with one attached hydrogen (secondary N) is 2. The third-order valence-electron chi connectivity index (χ3n) is 3.97. The van der Waals surface area contributed by atoms with Gasteiger partial charge in [0.15, 0.2) is 6.10 Å². The van der Waals surface area contributed by atoms with Gasteiger partial charge in [-0.25, -0.2) is 17.5 Å². The first-order chi connectivity index (χ1) is 14.0. The molecule has 0 saturated carbocycles. The van der Waals surface area contributed by atoms with E-state index in [4.69, 9.17) is 4.74 Å². The van der Waals surface area contributed by atoms with Gasteiger partial charge in [0, 0.05) is 32.4 Å². The number of benzene rings is 2. The van der Waals surface area contributed by atoms with Crippen LogP contribution in [0.25, 0.3) is 0 Å². The Balaban J connectivity index is 2.03. The van der Waals surface area contributed by atoms with Gasteiger partial charge in [-0.05, 0) is 49.4 Å². The smallest absolute Gasteiger partial charge is 0.338 e. The Morgan fingerprint density at radius 1 is 0.967 bits per heavy atom. The van der Waals surface area contributed by atoms with Crippen LogP contribution in [-0.4, -0.2) is 50.7 Å². The lowest BCUT2D eigenvalue weighted by Crippen LogP contribution is -2.30. The van der Waals surface area contributed by atoms with Crippen molar-refractivity contribution in [3.05, 3.63) is 54.1 Å². The molecule has 160 valence electrons. The molecule has 0 aliphatic heterocycles. The number of sulfonamides is 1. The van der Waals surface area contributed by atoms with Crippen LogP contribution in [0.1, 0.15) is 24.2 Å². The second kappa shape index (κ2) is 9.51. The van der Waals surface area contributed by atoms with Gasteiger partial charge in [0.1, 0.15) is 0 Å². The number of hydrogen-bond acceptors (Lipinski definition) is 6. The SMILES string of the molecule is CC(=O)Nc1ccc(C(=O)O[C@@H](C)C(=O)Nc2cccc(S(=O)(=O)N(C)C)c2)cc1. The summed E-state index contributed by atoms with van der Waals surface area (Å²) in [6, 6.07) is 11.8. The third kappa shape index (κ3) is 5.88. The van der Waals surface area contributed by atoms with Crippen LogP contribution in [0.3, 0.4) is 0 Å². The molecule has 1 atom stereocenters. The summed E-state index contributed by atoms with van der Waals surface area (Å²) in [5.41, 5.74) is 0.991. The van der Waals surface area contributed by atoms with Crippen molar-refractivity contribution < 1.29 is 27.5 Å². The topological polar surface area (TPSA) is 122 Å². The minimum absolute atomic E-state index is 0.0224. The predicted molar refractivity (Wildman–Crippen MR) is 112 cm³/mol. The number of hydrogen-bond donors (Lipinski definition) is 2. The molecule has 0 aromatic heterocycles. The lowest BCUT2D eigenvalue weighted by molar-refractivity contribution is -0.123. The molecule has 30 heavy (non-hydrogen) atoms. The normalized spacial score (nSPS) is 12.2. The highest BCUT2D eigenvalue weighted by molar-refractivity contribution is 7.89. The van der Waals surface area contributed by atoms with Gasteiger partial charge in [-0.3, -0.25) is 9.59 Å². The Labute approximate surface area is 175 Å². The molecule has 0 bridgehead atoms. The van der Waals surface area contributed by atoms with E-state index in [9.17, 15) is 22.8 Å². The van der Waals surface area contributed by atoms with Gasteiger partial charge in [-0.15, -0.1) is 0 Å². The van der Waals surface area contributed by atoms with E-state index >= 15 is 0 Å². The first kappa shape index (κ1) is 23.0. The number of esters is 1. The second-order valence-corrected chi connectivity index (χ2v) is 8.76. The summed E-state index contributed by atoms with van der Waals surface area (Å²) in [7, 11) is -0.836. The molecule has 10 heteroatoms. The van der Waals surface area contributed by atoms with E-state index in [1.165, 1.54) is 64.3 Å². The molecule has 0 heterocycles. The average molecular weight is 433 g/mol. The molecule has 2 amide bonds. The fraction of sp³-hybridized carbons (Fsp3) is 0.250. The van der Waals surface area contributed by atoms with Crippen LogP contribution in [-0.2, 0) is 24.3 Å². The first-order valence-electron chi connectivity index (χ1n) is 8.93. The number of carbonyl (C=O) groups is 3. The third-order valence-corrected chi connectivity index (χ3v) is 5.79. The number of ether oxygens (including phenoxy) is 1. The summed E-state index contributed by atoms with van der Waals surface area (Å²) in [4.78, 5) is 35.6. The number of anilines is 2. The van der Waals surface area contributed by atoms with Crippen LogP contribution in [0, 0.1) is 0 Å². The molecule has 0 aliphatic carbocycles. The van der Waals surface area contributed by atoms with Crippen LogP contribution in [0.2, 0.25) is 0 Å². The van der Waals surface area contributed by atoms with E-state index in [-0.39, 0.29) is 22.1 Å². The maximum Gasteiger partial charge on any atom is 0.338 e. The standard InChI is InChI=1S/C20H23N3O6S/c1-13(29-20(26)15-8-10-16(11-9-15)21-14(2)24)19(25)22-17-6-5-7-18(12-17)30(27,28)23(3)4/h5-13H,1-4H3,(H,21,24)(H,22,25)/t13-/m0/s1. The van der Waals surface area contributed by atoms with Gasteiger partial charge >= 0.3 is 5.97 Å². The highest BCUT2D eigenvalue weighted by Gasteiger charge is 2.21. The van der Waals surface area contributed by atoms with Gasteiger partial charge in [-0.1, -0.05) is 6.07 Å². The Hall–Kier alpha value is -3.24. The molecular weight excluding hydrogens is 410 g/mol. The van der Waals surface area contributed by atoms with Crippen molar-refractivity contribution in [3.8, 4) is 0 Å². The Bertz CT molecular complexity index is 1050. The van der Waals surface area contributed by atoms with Crippen LogP contribution >= 0.6 is 0 Å². The van der Waals surface area contributed by atoms with Crippen molar-refractivity contribution in [2.75, 3.05) is 24.7 Å². The quantitative estimate of drug-likeness (QED) is 0.645. The van der Waals surface area contributed by atoms with Gasteiger partial charge in [-0.2, -0.15) is 0 Å². The van der Waals surface area contributed by atoms with Crippen LogP contribution in [0.15, 0.2) is 53.4 Å². The van der Waals surface area contributed by atoms with Crippen LogP contribution in [0.4, 0.5) is 11.4 Å². The summed E-state index contributed by atoms with van der Waals surface area (Å²) in [6.07, 6.45) is -1.12. The number of rotatable bonds is 7. The molecule has 0 radical (unpaired) electrons. The molecule has 2 N–H and O–H groups in total. The molecule has 2 rings (SSSR count). The summed E-state index contributed by atoms with van der Waals surface area (Å²) in [5.74, 6) is -1.56. The molecule has 0 fully saturated rings. The predicted octanol–water partition coefficient (Wildman–Crippen LogP) is 2.08. The largest absolute Gasteiger partial charge is 0.449 e. The van der Waals surface area contributed by atoms with E-state index in [2.05, 4.69) is 10.6 Å². The summed E-state index contributed by atoms with van der Waals surface area (Å²) in [5, 5.41) is 5.11. The monoisotopic (exact) mass is 433 g/mol. The number of amides is 2. The van der Waals surface area contributed by atoms with Crippen LogP contribution in [0.5, 0.6) is 0 Å². The van der Waals surface area contributed by atoms with Gasteiger partial charge < -0.3 is 15.4 Å². The van der Waals surface area contributed by atoms with Crippen molar-refractivity contribution in [1.29, 1.82) is 0 Å². The van der Waals surface area contributed by atoms with Crippen molar-refractivity contribution in [3.63, 3.8) is 0 Å². The highest BCUT2D eigenvalue weighted by atomic mass is 32.2. The summed E-state index contributed by atoms with van der Waals surface area (Å²) < 4.78 is 30.6. The minimum Gasteiger partial charge on any atom is -0.449 e. The molecule has 2 aromatic carbocycles. The van der Waals surface area contributed by atoms with E-state index in [1.54, 1.807) is 12.1 Å². The number of nitrogens with zero attached hydrogens (tertiary/aromatic N) is 1. The van der Waals surface area contributed by atoms with Crippen molar-refractivity contribution in [2.24, 2.45) is 0 Å². The maximum absolute atomic E-state index is 12.4. The van der Waals surface area contributed by atoms with Gasteiger partial charge in [0.25, 0.3) is 5.91 Å². The van der Waals surface area contributed by atoms with Gasteiger partial charge in [0.2, 0.25) is 15.9 Å². The van der Waals surface area contributed by atoms with E-state index in [1.807, 2.05) is 0 Å². The summed E-state index contributed by atoms with van der Waals surface area (Å²) >= 11 is 0. The maximum atomic E-state index is 12.4. The minimum atomic E-state index is -3.65. The van der Waals surface area contributed by atoms with Crippen molar-refractivity contribution in [1.82, 2.24) is 4.31 Å². The molecule has 9 nitrogen and oxygen atoms in total.